The maximum atomic E-state index is 13.6. The standard InChI is InChI=1S/C23H25F2N3O2/c1-13-4-6-16(7-5-13)14(2)23(29)28-10-8-17(9-11-28)19-12-18(21(24)25)20-15(3)27-30-22(20)26-19/h4-7,12,14,17,21H,8-11H2,1-3H3/t14-/m0/s1. The first-order chi connectivity index (χ1) is 14.3. The molecule has 30 heavy (non-hydrogen) atoms. The van der Waals surface area contributed by atoms with Crippen LogP contribution in [-0.4, -0.2) is 34.0 Å². The third kappa shape index (κ3) is 3.80. The van der Waals surface area contributed by atoms with Crippen LogP contribution in [0.4, 0.5) is 8.78 Å². The highest BCUT2D eigenvalue weighted by atomic mass is 19.3. The van der Waals surface area contributed by atoms with Gasteiger partial charge in [0.15, 0.2) is 0 Å². The second-order valence-corrected chi connectivity index (χ2v) is 8.12. The Bertz CT molecular complexity index is 1050. The molecular weight excluding hydrogens is 388 g/mol. The highest BCUT2D eigenvalue weighted by Crippen LogP contribution is 2.35. The number of rotatable bonds is 4. The van der Waals surface area contributed by atoms with E-state index >= 15 is 0 Å². The zero-order valence-corrected chi connectivity index (χ0v) is 17.4. The number of nitrogens with zero attached hydrogens (tertiary/aromatic N) is 3. The van der Waals surface area contributed by atoms with Crippen molar-refractivity contribution in [1.29, 1.82) is 0 Å². The molecule has 158 valence electrons. The van der Waals surface area contributed by atoms with Crippen molar-refractivity contribution in [3.05, 3.63) is 58.4 Å². The molecule has 0 N–H and O–H groups in total. The van der Waals surface area contributed by atoms with Crippen molar-refractivity contribution < 1.29 is 18.1 Å². The van der Waals surface area contributed by atoms with Crippen molar-refractivity contribution in [1.82, 2.24) is 15.0 Å². The first-order valence-corrected chi connectivity index (χ1v) is 10.3. The summed E-state index contributed by atoms with van der Waals surface area (Å²) < 4.78 is 32.3. The Kier molecular flexibility index (Phi) is 5.54. The number of hydrogen-bond donors (Lipinski definition) is 0. The largest absolute Gasteiger partial charge is 0.342 e. The van der Waals surface area contributed by atoms with Gasteiger partial charge in [-0.1, -0.05) is 35.0 Å². The Labute approximate surface area is 174 Å². The molecule has 1 fully saturated rings. The summed E-state index contributed by atoms with van der Waals surface area (Å²) in [6.45, 7) is 6.75. The Balaban J connectivity index is 1.48. The monoisotopic (exact) mass is 413 g/mol. The van der Waals surface area contributed by atoms with Crippen LogP contribution in [0.15, 0.2) is 34.9 Å². The van der Waals surface area contributed by atoms with Gasteiger partial charge in [0.2, 0.25) is 5.91 Å². The number of likely N-dealkylation sites (tertiary alicyclic amines) is 1. The Morgan fingerprint density at radius 3 is 2.47 bits per heavy atom. The molecule has 3 heterocycles. The summed E-state index contributed by atoms with van der Waals surface area (Å²) in [4.78, 5) is 19.3. The number of carbonyl (C=O) groups is 1. The third-order valence-corrected chi connectivity index (χ3v) is 6.08. The lowest BCUT2D eigenvalue weighted by Crippen LogP contribution is -2.40. The Morgan fingerprint density at radius 1 is 1.17 bits per heavy atom. The van der Waals surface area contributed by atoms with Gasteiger partial charge in [0.25, 0.3) is 12.1 Å². The highest BCUT2D eigenvalue weighted by Gasteiger charge is 2.29. The second-order valence-electron chi connectivity index (χ2n) is 8.12. The van der Waals surface area contributed by atoms with Gasteiger partial charge >= 0.3 is 0 Å². The summed E-state index contributed by atoms with van der Waals surface area (Å²) >= 11 is 0. The summed E-state index contributed by atoms with van der Waals surface area (Å²) in [6, 6.07) is 9.50. The molecular formula is C23H25F2N3O2. The van der Waals surface area contributed by atoms with Crippen molar-refractivity contribution in [2.24, 2.45) is 0 Å². The van der Waals surface area contributed by atoms with Crippen LogP contribution in [0.25, 0.3) is 11.1 Å². The summed E-state index contributed by atoms with van der Waals surface area (Å²) in [5.41, 5.74) is 3.25. The minimum Gasteiger partial charge on any atom is -0.342 e. The molecule has 1 saturated heterocycles. The zero-order chi connectivity index (χ0) is 21.4. The van der Waals surface area contributed by atoms with Crippen LogP contribution in [-0.2, 0) is 4.79 Å². The molecule has 1 aromatic carbocycles. The normalized spacial score (nSPS) is 16.4. The highest BCUT2D eigenvalue weighted by molar-refractivity contribution is 5.83. The van der Waals surface area contributed by atoms with E-state index in [9.17, 15) is 13.6 Å². The van der Waals surface area contributed by atoms with Gasteiger partial charge < -0.3 is 9.42 Å². The van der Waals surface area contributed by atoms with Gasteiger partial charge in [0.05, 0.1) is 17.0 Å². The SMILES string of the molecule is Cc1ccc([C@H](C)C(=O)N2CCC(c3cc(C(F)F)c4c(C)noc4n3)CC2)cc1. The van der Waals surface area contributed by atoms with E-state index in [0.717, 1.165) is 11.1 Å². The molecule has 0 radical (unpaired) electrons. The molecule has 0 unspecified atom stereocenters. The molecule has 1 atom stereocenters. The van der Waals surface area contributed by atoms with Crippen LogP contribution < -0.4 is 0 Å². The van der Waals surface area contributed by atoms with Crippen LogP contribution in [0.5, 0.6) is 0 Å². The molecule has 0 saturated carbocycles. The Hall–Kier alpha value is -2.83. The van der Waals surface area contributed by atoms with E-state index in [2.05, 4.69) is 10.1 Å². The summed E-state index contributed by atoms with van der Waals surface area (Å²) in [5, 5.41) is 4.09. The number of carbonyl (C=O) groups excluding carboxylic acids is 1. The Morgan fingerprint density at radius 2 is 1.83 bits per heavy atom. The molecule has 1 aliphatic heterocycles. The lowest BCUT2D eigenvalue weighted by Gasteiger charge is -2.33. The first kappa shape index (κ1) is 20.4. The molecule has 1 amide bonds. The van der Waals surface area contributed by atoms with E-state index in [1.807, 2.05) is 43.0 Å². The fraction of sp³-hybridized carbons (Fsp3) is 0.435. The molecule has 2 aromatic heterocycles. The zero-order valence-electron chi connectivity index (χ0n) is 17.4. The van der Waals surface area contributed by atoms with Crippen molar-refractivity contribution in [3.63, 3.8) is 0 Å². The van der Waals surface area contributed by atoms with Crippen molar-refractivity contribution >= 4 is 17.0 Å². The summed E-state index contributed by atoms with van der Waals surface area (Å²) in [5.74, 6) is -0.102. The van der Waals surface area contributed by atoms with E-state index in [1.54, 1.807) is 6.92 Å². The lowest BCUT2D eigenvalue weighted by atomic mass is 9.90. The topological polar surface area (TPSA) is 59.2 Å². The van der Waals surface area contributed by atoms with E-state index in [0.29, 0.717) is 42.7 Å². The number of hydrogen-bond acceptors (Lipinski definition) is 4. The van der Waals surface area contributed by atoms with Gasteiger partial charge in [-0.25, -0.2) is 13.8 Å². The van der Waals surface area contributed by atoms with Crippen LogP contribution in [0.1, 0.15) is 66.1 Å². The van der Waals surface area contributed by atoms with Gasteiger partial charge in [0.1, 0.15) is 0 Å². The smallest absolute Gasteiger partial charge is 0.264 e. The number of fused-ring (bicyclic) bond motifs is 1. The fourth-order valence-electron chi connectivity index (χ4n) is 4.20. The number of aryl methyl sites for hydroxylation is 2. The summed E-state index contributed by atoms with van der Waals surface area (Å²) in [7, 11) is 0. The lowest BCUT2D eigenvalue weighted by molar-refractivity contribution is -0.133. The maximum absolute atomic E-state index is 13.6. The molecule has 5 nitrogen and oxygen atoms in total. The predicted molar refractivity (Wildman–Crippen MR) is 110 cm³/mol. The second kappa shape index (κ2) is 8.13. The van der Waals surface area contributed by atoms with E-state index in [-0.39, 0.29) is 29.0 Å². The number of halogens is 2. The van der Waals surface area contributed by atoms with E-state index in [4.69, 9.17) is 4.52 Å². The van der Waals surface area contributed by atoms with Gasteiger partial charge in [0, 0.05) is 30.3 Å². The first-order valence-electron chi connectivity index (χ1n) is 10.3. The number of benzene rings is 1. The van der Waals surface area contributed by atoms with E-state index < -0.39 is 6.43 Å². The van der Waals surface area contributed by atoms with Gasteiger partial charge in [-0.2, -0.15) is 0 Å². The van der Waals surface area contributed by atoms with Crippen LogP contribution in [0, 0.1) is 13.8 Å². The molecule has 1 aliphatic rings. The minimum absolute atomic E-state index is 0.0102. The average molecular weight is 413 g/mol. The van der Waals surface area contributed by atoms with Gasteiger partial charge in [-0.3, -0.25) is 4.79 Å². The maximum Gasteiger partial charge on any atom is 0.264 e. The van der Waals surface area contributed by atoms with Crippen molar-refractivity contribution in [2.45, 2.75) is 51.9 Å². The number of alkyl halides is 2. The fourth-order valence-corrected chi connectivity index (χ4v) is 4.20. The average Bonchev–Trinajstić information content (AvgIpc) is 3.13. The van der Waals surface area contributed by atoms with Crippen LogP contribution >= 0.6 is 0 Å². The quantitative estimate of drug-likeness (QED) is 0.583. The predicted octanol–water partition coefficient (Wildman–Crippen LogP) is 5.29. The van der Waals surface area contributed by atoms with Gasteiger partial charge in [-0.15, -0.1) is 0 Å². The molecule has 0 aliphatic carbocycles. The van der Waals surface area contributed by atoms with Crippen molar-refractivity contribution in [3.8, 4) is 0 Å². The molecule has 3 aromatic rings. The molecule has 0 bridgehead atoms. The van der Waals surface area contributed by atoms with Crippen LogP contribution in [0.3, 0.4) is 0 Å². The molecule has 4 rings (SSSR count). The number of amides is 1. The van der Waals surface area contributed by atoms with E-state index in [1.165, 1.54) is 6.07 Å². The van der Waals surface area contributed by atoms with Crippen LogP contribution in [0.2, 0.25) is 0 Å². The molecule has 0 spiro atoms. The minimum atomic E-state index is -2.62. The number of piperidine rings is 1. The summed E-state index contributed by atoms with van der Waals surface area (Å²) in [6.07, 6.45) is -1.26. The molecule has 7 heteroatoms. The number of aromatic nitrogens is 2. The van der Waals surface area contributed by atoms with Crippen molar-refractivity contribution in [2.75, 3.05) is 13.1 Å². The number of pyridine rings is 1. The van der Waals surface area contributed by atoms with Gasteiger partial charge in [-0.05, 0) is 45.2 Å². The third-order valence-electron chi connectivity index (χ3n) is 6.08.